The molecular weight excluding hydrogens is 405 g/mol. The van der Waals surface area contributed by atoms with Gasteiger partial charge in [-0.15, -0.1) is 0 Å². The number of carboxylic acid groups (broad SMARTS) is 1. The van der Waals surface area contributed by atoms with Crippen LogP contribution in [-0.2, 0) is 25.5 Å². The van der Waals surface area contributed by atoms with Gasteiger partial charge in [-0.05, 0) is 49.3 Å². The maximum atomic E-state index is 12.6. The quantitative estimate of drug-likeness (QED) is 0.770. The zero-order chi connectivity index (χ0) is 22.2. The molecule has 0 aliphatic carbocycles. The number of aromatic nitrogens is 1. The van der Waals surface area contributed by atoms with E-state index in [0.29, 0.717) is 12.3 Å². The summed E-state index contributed by atoms with van der Waals surface area (Å²) in [5.74, 6) is -2.00. The predicted molar refractivity (Wildman–Crippen MR) is 101 cm³/mol. The molecule has 2 atom stereocenters. The highest BCUT2D eigenvalue weighted by molar-refractivity contribution is 5.79. The van der Waals surface area contributed by atoms with Gasteiger partial charge >= 0.3 is 12.1 Å². The Bertz CT molecular complexity index is 701. The van der Waals surface area contributed by atoms with Crippen molar-refractivity contribution in [2.75, 3.05) is 33.4 Å². The Kier molecular flexibility index (Phi) is 8.60. The Morgan fingerprint density at radius 1 is 1.37 bits per heavy atom. The summed E-state index contributed by atoms with van der Waals surface area (Å²) in [7, 11) is 1.74. The summed E-state index contributed by atoms with van der Waals surface area (Å²) < 4.78 is 43.1. The maximum Gasteiger partial charge on any atom is 0.490 e. The Morgan fingerprint density at radius 3 is 2.63 bits per heavy atom. The molecule has 2 unspecified atom stereocenters. The number of carbonyl (C=O) groups excluding carboxylic acids is 1. The van der Waals surface area contributed by atoms with Crippen LogP contribution in [0.2, 0.25) is 0 Å². The lowest BCUT2D eigenvalue weighted by Gasteiger charge is -2.40. The minimum Gasteiger partial charge on any atom is -0.475 e. The summed E-state index contributed by atoms with van der Waals surface area (Å²) in [4.78, 5) is 27.5. The Morgan fingerprint density at radius 2 is 2.03 bits per heavy atom. The van der Waals surface area contributed by atoms with E-state index in [4.69, 9.17) is 19.4 Å². The van der Waals surface area contributed by atoms with Crippen LogP contribution in [0.25, 0.3) is 0 Å². The standard InChI is InChI=1S/C18H26N2O3.C2HF3O2/c1-22-10-5-16-12-18(23-13-16)6-2-9-20(14-18)17(21)11-15-3-7-19-8-4-15;3-2(4,5)1(6)7/h3-4,7-8,16H,2,5-6,9-14H2,1H3;(H,6,7). The molecule has 0 saturated carbocycles. The number of ether oxygens (including phenoxy) is 2. The zero-order valence-electron chi connectivity index (χ0n) is 16.9. The smallest absolute Gasteiger partial charge is 0.475 e. The second kappa shape index (κ2) is 10.7. The van der Waals surface area contributed by atoms with Crippen molar-refractivity contribution in [2.24, 2.45) is 5.92 Å². The minimum absolute atomic E-state index is 0.120. The number of nitrogens with zero attached hydrogens (tertiary/aromatic N) is 2. The van der Waals surface area contributed by atoms with E-state index in [-0.39, 0.29) is 11.5 Å². The van der Waals surface area contributed by atoms with E-state index in [1.165, 1.54) is 0 Å². The number of carboxylic acids is 1. The van der Waals surface area contributed by atoms with Crippen LogP contribution in [0.15, 0.2) is 24.5 Å². The van der Waals surface area contributed by atoms with Gasteiger partial charge < -0.3 is 19.5 Å². The van der Waals surface area contributed by atoms with E-state index < -0.39 is 12.1 Å². The molecule has 1 N–H and O–H groups in total. The van der Waals surface area contributed by atoms with Crippen molar-refractivity contribution in [1.29, 1.82) is 0 Å². The molecule has 0 radical (unpaired) electrons. The highest BCUT2D eigenvalue weighted by Crippen LogP contribution is 2.38. The van der Waals surface area contributed by atoms with Gasteiger partial charge in [0.15, 0.2) is 0 Å². The second-order valence-corrected chi connectivity index (χ2v) is 7.60. The Hall–Kier alpha value is -2.20. The predicted octanol–water partition coefficient (Wildman–Crippen LogP) is 2.69. The molecule has 7 nitrogen and oxygen atoms in total. The van der Waals surface area contributed by atoms with E-state index in [0.717, 1.165) is 57.6 Å². The summed E-state index contributed by atoms with van der Waals surface area (Å²) in [5, 5.41) is 7.12. The number of likely N-dealkylation sites (tertiary alicyclic amines) is 1. The van der Waals surface area contributed by atoms with E-state index in [9.17, 15) is 18.0 Å². The molecule has 3 rings (SSSR count). The lowest BCUT2D eigenvalue weighted by atomic mass is 9.85. The lowest BCUT2D eigenvalue weighted by Crippen LogP contribution is -2.50. The molecule has 0 bridgehead atoms. The number of aliphatic carboxylic acids is 1. The highest BCUT2D eigenvalue weighted by atomic mass is 19.4. The number of piperidine rings is 1. The highest BCUT2D eigenvalue weighted by Gasteiger charge is 2.44. The van der Waals surface area contributed by atoms with Crippen molar-refractivity contribution in [2.45, 2.75) is 43.9 Å². The molecule has 2 aliphatic heterocycles. The molecular formula is C20H27F3N2O5. The summed E-state index contributed by atoms with van der Waals surface area (Å²) in [5.41, 5.74) is 0.903. The van der Waals surface area contributed by atoms with Crippen molar-refractivity contribution in [3.8, 4) is 0 Å². The molecule has 0 aromatic carbocycles. The van der Waals surface area contributed by atoms with Crippen molar-refractivity contribution < 1.29 is 37.3 Å². The van der Waals surface area contributed by atoms with Gasteiger partial charge in [-0.1, -0.05) is 0 Å². The largest absolute Gasteiger partial charge is 0.490 e. The first kappa shape index (κ1) is 24.1. The maximum absolute atomic E-state index is 12.6. The first-order valence-electron chi connectivity index (χ1n) is 9.75. The minimum atomic E-state index is -5.08. The van der Waals surface area contributed by atoms with Crippen LogP contribution in [0.4, 0.5) is 13.2 Å². The molecule has 1 aromatic heterocycles. The molecule has 2 fully saturated rings. The van der Waals surface area contributed by atoms with E-state index in [1.807, 2.05) is 17.0 Å². The topological polar surface area (TPSA) is 89.0 Å². The number of rotatable bonds is 5. The first-order valence-corrected chi connectivity index (χ1v) is 9.75. The second-order valence-electron chi connectivity index (χ2n) is 7.60. The number of hydrogen-bond donors (Lipinski definition) is 1. The van der Waals surface area contributed by atoms with Crippen LogP contribution in [-0.4, -0.2) is 72.1 Å². The van der Waals surface area contributed by atoms with Gasteiger partial charge in [0, 0.05) is 39.2 Å². The first-order chi connectivity index (χ1) is 14.1. The van der Waals surface area contributed by atoms with Gasteiger partial charge in [-0.25, -0.2) is 4.79 Å². The number of carbonyl (C=O) groups is 2. The monoisotopic (exact) mass is 432 g/mol. The van der Waals surface area contributed by atoms with Crippen LogP contribution in [0.1, 0.15) is 31.2 Å². The van der Waals surface area contributed by atoms with Crippen molar-refractivity contribution in [3.05, 3.63) is 30.1 Å². The molecule has 2 saturated heterocycles. The van der Waals surface area contributed by atoms with Crippen molar-refractivity contribution in [1.82, 2.24) is 9.88 Å². The van der Waals surface area contributed by atoms with Crippen molar-refractivity contribution in [3.63, 3.8) is 0 Å². The molecule has 168 valence electrons. The van der Waals surface area contributed by atoms with Crippen LogP contribution < -0.4 is 0 Å². The normalized spacial score (nSPS) is 23.7. The molecule has 1 spiro atoms. The van der Waals surface area contributed by atoms with E-state index in [2.05, 4.69) is 4.98 Å². The van der Waals surface area contributed by atoms with Crippen LogP contribution in [0.3, 0.4) is 0 Å². The lowest BCUT2D eigenvalue weighted by molar-refractivity contribution is -0.192. The number of halogens is 3. The molecule has 1 amide bonds. The Labute approximate surface area is 173 Å². The fourth-order valence-electron chi connectivity index (χ4n) is 3.79. The van der Waals surface area contributed by atoms with Gasteiger partial charge in [-0.3, -0.25) is 9.78 Å². The number of pyridine rings is 1. The SMILES string of the molecule is COCCC1COC2(CCCN(C(=O)Cc3ccncc3)C2)C1.O=C(O)C(F)(F)F. The summed E-state index contributed by atoms with van der Waals surface area (Å²) >= 11 is 0. The number of methoxy groups -OCH3 is 1. The van der Waals surface area contributed by atoms with Gasteiger partial charge in [-0.2, -0.15) is 13.2 Å². The van der Waals surface area contributed by atoms with E-state index >= 15 is 0 Å². The van der Waals surface area contributed by atoms with Crippen LogP contribution in [0, 0.1) is 5.92 Å². The number of amides is 1. The van der Waals surface area contributed by atoms with Gasteiger partial charge in [0.25, 0.3) is 0 Å². The fraction of sp³-hybridized carbons (Fsp3) is 0.650. The number of alkyl halides is 3. The van der Waals surface area contributed by atoms with E-state index in [1.54, 1.807) is 19.5 Å². The summed E-state index contributed by atoms with van der Waals surface area (Å²) in [6.07, 6.45) is 3.03. The van der Waals surface area contributed by atoms with Gasteiger partial charge in [0.05, 0.1) is 18.6 Å². The average Bonchev–Trinajstić information content (AvgIpc) is 3.09. The summed E-state index contributed by atoms with van der Waals surface area (Å²) in [6.45, 7) is 3.17. The molecule has 3 heterocycles. The number of hydrogen-bond acceptors (Lipinski definition) is 5. The van der Waals surface area contributed by atoms with Crippen LogP contribution in [0.5, 0.6) is 0 Å². The third-order valence-electron chi connectivity index (χ3n) is 5.26. The molecule has 2 aliphatic rings. The Balaban J connectivity index is 0.000000396. The molecule has 30 heavy (non-hydrogen) atoms. The zero-order valence-corrected chi connectivity index (χ0v) is 16.9. The van der Waals surface area contributed by atoms with Gasteiger partial charge in [0.1, 0.15) is 0 Å². The van der Waals surface area contributed by atoms with Crippen LogP contribution >= 0.6 is 0 Å². The van der Waals surface area contributed by atoms with Gasteiger partial charge in [0.2, 0.25) is 5.91 Å². The van der Waals surface area contributed by atoms with Crippen molar-refractivity contribution >= 4 is 11.9 Å². The molecule has 1 aromatic rings. The third kappa shape index (κ3) is 7.24. The molecule has 10 heteroatoms. The fourth-order valence-corrected chi connectivity index (χ4v) is 3.79. The summed E-state index contributed by atoms with van der Waals surface area (Å²) in [6, 6.07) is 3.81. The average molecular weight is 432 g/mol. The third-order valence-corrected chi connectivity index (χ3v) is 5.26.